The second-order valence-corrected chi connectivity index (χ2v) is 9.40. The molecule has 1 aromatic heterocycles. The summed E-state index contributed by atoms with van der Waals surface area (Å²) >= 11 is 0. The summed E-state index contributed by atoms with van der Waals surface area (Å²) in [5.41, 5.74) is 0.565. The second-order valence-electron chi connectivity index (χ2n) is 7.25. The van der Waals surface area contributed by atoms with E-state index in [9.17, 15) is 13.2 Å². The van der Waals surface area contributed by atoms with Crippen LogP contribution in [0.1, 0.15) is 36.4 Å². The van der Waals surface area contributed by atoms with E-state index in [1.54, 1.807) is 12.1 Å². The zero-order valence-electron chi connectivity index (χ0n) is 16.8. The highest BCUT2D eigenvalue weighted by atomic mass is 32.2. The molecule has 2 aromatic rings. The van der Waals surface area contributed by atoms with Crippen LogP contribution in [0.3, 0.4) is 0 Å². The molecule has 1 fully saturated rings. The van der Waals surface area contributed by atoms with Gasteiger partial charge in [-0.2, -0.15) is 4.98 Å². The SMILES string of the molecule is CN(C)S(=O)(=O)c1ccc(-c2noc(C(=O)NCCN3CCCCCC3)n2)cc1. The number of likely N-dealkylation sites (tertiary alicyclic amines) is 1. The van der Waals surface area contributed by atoms with Gasteiger partial charge in [0, 0.05) is 32.7 Å². The highest BCUT2D eigenvalue weighted by Crippen LogP contribution is 2.20. The Hall–Kier alpha value is -2.30. The van der Waals surface area contributed by atoms with Gasteiger partial charge in [0.25, 0.3) is 0 Å². The maximum absolute atomic E-state index is 12.2. The molecule has 1 aromatic carbocycles. The quantitative estimate of drug-likeness (QED) is 0.723. The molecule has 2 heterocycles. The minimum atomic E-state index is -3.51. The van der Waals surface area contributed by atoms with Crippen LogP contribution in [-0.4, -0.2) is 73.9 Å². The molecule has 1 N–H and O–H groups in total. The van der Waals surface area contributed by atoms with Crippen molar-refractivity contribution in [3.8, 4) is 11.4 Å². The molecule has 0 aliphatic carbocycles. The Morgan fingerprint density at radius 2 is 1.79 bits per heavy atom. The van der Waals surface area contributed by atoms with Gasteiger partial charge >= 0.3 is 11.8 Å². The molecule has 0 bridgehead atoms. The number of hydrogen-bond acceptors (Lipinski definition) is 7. The van der Waals surface area contributed by atoms with Crippen LogP contribution in [0, 0.1) is 0 Å². The smallest absolute Gasteiger partial charge is 0.316 e. The van der Waals surface area contributed by atoms with Gasteiger partial charge in [0.05, 0.1) is 4.90 Å². The van der Waals surface area contributed by atoms with E-state index >= 15 is 0 Å². The molecule has 3 rings (SSSR count). The Morgan fingerprint density at radius 3 is 2.41 bits per heavy atom. The predicted octanol–water partition coefficient (Wildman–Crippen LogP) is 1.59. The standard InChI is InChI=1S/C19H27N5O4S/c1-23(2)29(26,27)16-9-7-15(8-10-16)17-21-19(28-22-17)18(25)20-11-14-24-12-5-3-4-6-13-24/h7-10H,3-6,11-14H2,1-2H3,(H,20,25). The second kappa shape index (κ2) is 9.47. The van der Waals surface area contributed by atoms with Crippen LogP contribution in [0.2, 0.25) is 0 Å². The van der Waals surface area contributed by atoms with Crippen LogP contribution < -0.4 is 5.32 Å². The lowest BCUT2D eigenvalue weighted by Gasteiger charge is -2.19. The van der Waals surface area contributed by atoms with E-state index in [0.29, 0.717) is 12.1 Å². The third kappa shape index (κ3) is 5.40. The average molecular weight is 422 g/mol. The number of benzene rings is 1. The number of carbonyl (C=O) groups is 1. The van der Waals surface area contributed by atoms with E-state index in [1.165, 1.54) is 51.9 Å². The maximum atomic E-state index is 12.2. The molecular formula is C19H27N5O4S. The van der Waals surface area contributed by atoms with E-state index < -0.39 is 15.9 Å². The molecule has 0 unspecified atom stereocenters. The summed E-state index contributed by atoms with van der Waals surface area (Å²) in [5.74, 6) is -0.289. The first-order valence-electron chi connectivity index (χ1n) is 9.75. The Labute approximate surface area is 171 Å². The molecule has 158 valence electrons. The molecule has 0 spiro atoms. The van der Waals surface area contributed by atoms with E-state index in [4.69, 9.17) is 4.52 Å². The van der Waals surface area contributed by atoms with Gasteiger partial charge in [-0.3, -0.25) is 4.79 Å². The fraction of sp³-hybridized carbons (Fsp3) is 0.526. The first-order chi connectivity index (χ1) is 13.9. The molecule has 10 heteroatoms. The third-order valence-electron chi connectivity index (χ3n) is 4.92. The number of sulfonamides is 1. The van der Waals surface area contributed by atoms with Gasteiger partial charge in [-0.1, -0.05) is 18.0 Å². The molecule has 9 nitrogen and oxygen atoms in total. The van der Waals surface area contributed by atoms with Crippen molar-refractivity contribution in [1.82, 2.24) is 24.7 Å². The molecule has 29 heavy (non-hydrogen) atoms. The molecule has 1 aliphatic rings. The Morgan fingerprint density at radius 1 is 1.14 bits per heavy atom. The van der Waals surface area contributed by atoms with Crippen molar-refractivity contribution in [1.29, 1.82) is 0 Å². The van der Waals surface area contributed by atoms with Gasteiger partial charge in [-0.25, -0.2) is 12.7 Å². The van der Waals surface area contributed by atoms with Crippen LogP contribution in [0.4, 0.5) is 0 Å². The Balaban J connectivity index is 1.57. The molecule has 1 aliphatic heterocycles. The Kier molecular flexibility index (Phi) is 6.99. The number of amides is 1. The van der Waals surface area contributed by atoms with Crippen LogP contribution in [0.25, 0.3) is 11.4 Å². The monoisotopic (exact) mass is 421 g/mol. The summed E-state index contributed by atoms with van der Waals surface area (Å²) in [6.07, 6.45) is 4.95. The molecule has 1 amide bonds. The van der Waals surface area contributed by atoms with E-state index in [2.05, 4.69) is 20.4 Å². The van der Waals surface area contributed by atoms with Crippen molar-refractivity contribution in [3.63, 3.8) is 0 Å². The predicted molar refractivity (Wildman–Crippen MR) is 108 cm³/mol. The summed E-state index contributed by atoms with van der Waals surface area (Å²) in [6, 6.07) is 6.12. The van der Waals surface area contributed by atoms with Crippen LogP contribution in [0.15, 0.2) is 33.7 Å². The fourth-order valence-corrected chi connectivity index (χ4v) is 4.08. The fourth-order valence-electron chi connectivity index (χ4n) is 3.18. The van der Waals surface area contributed by atoms with Crippen molar-refractivity contribution >= 4 is 15.9 Å². The lowest BCUT2D eigenvalue weighted by molar-refractivity contribution is 0.0904. The summed E-state index contributed by atoms with van der Waals surface area (Å²) in [5, 5.41) is 6.64. The normalized spacial score (nSPS) is 16.0. The van der Waals surface area contributed by atoms with Gasteiger partial charge in [0.1, 0.15) is 0 Å². The Bertz CT molecular complexity index is 916. The lowest BCUT2D eigenvalue weighted by atomic mass is 10.2. The third-order valence-corrected chi connectivity index (χ3v) is 6.75. The van der Waals surface area contributed by atoms with Gasteiger partial charge in [0.15, 0.2) is 0 Å². The largest absolute Gasteiger partial charge is 0.347 e. The first-order valence-corrected chi connectivity index (χ1v) is 11.2. The number of aromatic nitrogens is 2. The van der Waals surface area contributed by atoms with Crippen LogP contribution in [-0.2, 0) is 10.0 Å². The molecule has 0 atom stereocenters. The summed E-state index contributed by atoms with van der Waals surface area (Å²) in [6.45, 7) is 3.46. The molecule has 1 saturated heterocycles. The molecular weight excluding hydrogens is 394 g/mol. The number of nitrogens with one attached hydrogen (secondary N) is 1. The van der Waals surface area contributed by atoms with Crippen molar-refractivity contribution in [2.45, 2.75) is 30.6 Å². The number of hydrogen-bond donors (Lipinski definition) is 1. The number of nitrogens with zero attached hydrogens (tertiary/aromatic N) is 4. The van der Waals surface area contributed by atoms with Crippen LogP contribution in [0.5, 0.6) is 0 Å². The topological polar surface area (TPSA) is 109 Å². The summed E-state index contributed by atoms with van der Waals surface area (Å²) < 4.78 is 30.5. The van der Waals surface area contributed by atoms with Crippen molar-refractivity contribution < 1.29 is 17.7 Å². The number of carbonyl (C=O) groups excluding carboxylic acids is 1. The lowest BCUT2D eigenvalue weighted by Crippen LogP contribution is -2.35. The minimum absolute atomic E-state index is 0.110. The van der Waals surface area contributed by atoms with E-state index in [-0.39, 0.29) is 16.6 Å². The van der Waals surface area contributed by atoms with Crippen molar-refractivity contribution in [2.24, 2.45) is 0 Å². The van der Waals surface area contributed by atoms with E-state index in [1.807, 2.05) is 0 Å². The highest BCUT2D eigenvalue weighted by Gasteiger charge is 2.19. The molecule has 0 saturated carbocycles. The average Bonchev–Trinajstić information content (AvgIpc) is 3.06. The van der Waals surface area contributed by atoms with E-state index in [0.717, 1.165) is 23.9 Å². The van der Waals surface area contributed by atoms with Gasteiger partial charge in [0.2, 0.25) is 15.8 Å². The highest BCUT2D eigenvalue weighted by molar-refractivity contribution is 7.89. The number of rotatable bonds is 7. The van der Waals surface area contributed by atoms with Gasteiger partial charge in [-0.05, 0) is 50.2 Å². The van der Waals surface area contributed by atoms with Crippen molar-refractivity contribution in [2.75, 3.05) is 40.3 Å². The van der Waals surface area contributed by atoms with Gasteiger partial charge < -0.3 is 14.7 Å². The summed E-state index contributed by atoms with van der Waals surface area (Å²) in [7, 11) is -0.560. The molecule has 0 radical (unpaired) electrons. The van der Waals surface area contributed by atoms with Crippen molar-refractivity contribution in [3.05, 3.63) is 30.2 Å². The zero-order chi connectivity index (χ0) is 20.9. The summed E-state index contributed by atoms with van der Waals surface area (Å²) in [4.78, 5) is 18.9. The zero-order valence-corrected chi connectivity index (χ0v) is 17.6. The minimum Gasteiger partial charge on any atom is -0.347 e. The maximum Gasteiger partial charge on any atom is 0.316 e. The van der Waals surface area contributed by atoms with Gasteiger partial charge in [-0.15, -0.1) is 0 Å². The first kappa shape index (κ1) is 21.4. The van der Waals surface area contributed by atoms with Crippen LogP contribution >= 0.6 is 0 Å².